The van der Waals surface area contributed by atoms with Crippen LogP contribution in [0.1, 0.15) is 27.8 Å². The summed E-state index contributed by atoms with van der Waals surface area (Å²) in [5.74, 6) is -4.91. The maximum Gasteiger partial charge on any atom is 0.397 e. The highest BCUT2D eigenvalue weighted by molar-refractivity contribution is 7.85. The van der Waals surface area contributed by atoms with E-state index in [9.17, 15) is 142 Å². The summed E-state index contributed by atoms with van der Waals surface area (Å²) >= 11 is 0. The van der Waals surface area contributed by atoms with Crippen LogP contribution < -0.4 is 18.9 Å². The molecule has 5 aliphatic rings. The Hall–Kier alpha value is -6.77. The predicted octanol–water partition coefficient (Wildman–Crippen LogP) is -3.91. The van der Waals surface area contributed by atoms with Gasteiger partial charge in [-0.25, -0.2) is 30.5 Å². The van der Waals surface area contributed by atoms with Crippen LogP contribution in [0.15, 0.2) is 152 Å². The number of ether oxygens (including phenoxy) is 15. The minimum Gasteiger partial charge on any atom is -0.479 e. The highest BCUT2D eigenvalue weighted by atomic mass is 32.3. The van der Waals surface area contributed by atoms with E-state index in [1.54, 1.807) is 24.3 Å². The number of hydrogen-bond acceptors (Lipinski definition) is 41. The lowest BCUT2D eigenvalue weighted by Crippen LogP contribution is -2.82. The van der Waals surface area contributed by atoms with E-state index in [1.165, 1.54) is 132 Å². The van der Waals surface area contributed by atoms with Crippen molar-refractivity contribution in [3.63, 3.8) is 0 Å². The van der Waals surface area contributed by atoms with Gasteiger partial charge in [-0.3, -0.25) is 41.0 Å². The van der Waals surface area contributed by atoms with Gasteiger partial charge in [0, 0.05) is 7.11 Å². The highest BCUT2D eigenvalue weighted by Gasteiger charge is 2.68. The second-order valence-corrected chi connectivity index (χ2v) is 38.4. The number of carbonyl (C=O) groups is 2. The van der Waals surface area contributed by atoms with Gasteiger partial charge in [-0.1, -0.05) is 152 Å². The summed E-state index contributed by atoms with van der Waals surface area (Å²) in [4.78, 5) is 28.6. The molecule has 0 unspecified atom stereocenters. The molecule has 5 aliphatic heterocycles. The normalized spacial score (nSPS) is 30.3. The lowest BCUT2D eigenvalue weighted by Gasteiger charge is -2.55. The first-order valence-electron chi connectivity index (χ1n) is 37.0. The zero-order valence-electron chi connectivity index (χ0n) is 66.3. The molecule has 5 saturated heterocycles. The molecule has 5 aromatic rings. The van der Waals surface area contributed by atoms with Crippen molar-refractivity contribution in [3.05, 3.63) is 179 Å². The van der Waals surface area contributed by atoms with Gasteiger partial charge in [-0.2, -0.15) is 94.6 Å². The largest absolute Gasteiger partial charge is 0.479 e. The Kier molecular flexibility index (Phi) is 36.2. The Morgan fingerprint density at radius 1 is 0.336 bits per heavy atom. The molecule has 10 rings (SSSR count). The van der Waals surface area contributed by atoms with Crippen LogP contribution in [0.4, 0.5) is 0 Å². The van der Waals surface area contributed by atoms with Gasteiger partial charge in [0.05, 0.1) is 52.9 Å². The molecule has 131 heavy (non-hydrogen) atoms. The monoisotopic (exact) mass is 2050 g/mol. The van der Waals surface area contributed by atoms with Crippen molar-refractivity contribution in [3.8, 4) is 0 Å². The number of carboxylic acids is 2. The van der Waals surface area contributed by atoms with Gasteiger partial charge >= 0.3 is 105 Å². The number of benzene rings is 5. The van der Waals surface area contributed by atoms with E-state index < -0.39 is 311 Å². The third-order valence-corrected chi connectivity index (χ3v) is 23.7. The van der Waals surface area contributed by atoms with E-state index >= 15 is 0 Å². The van der Waals surface area contributed by atoms with Crippen molar-refractivity contribution < 1.29 is 234 Å². The number of aliphatic hydroxyl groups excluding tert-OH is 1. The van der Waals surface area contributed by atoms with Crippen LogP contribution in [0.5, 0.6) is 0 Å². The van der Waals surface area contributed by atoms with E-state index in [0.717, 1.165) is 16.6 Å². The number of methoxy groups -OCH3 is 1. The maximum atomic E-state index is 14.5. The Bertz CT molecular complexity index is 5700. The van der Waals surface area contributed by atoms with Crippen LogP contribution in [-0.4, -0.2) is 324 Å². The third kappa shape index (κ3) is 31.9. The number of aliphatic hydroxyl groups is 1. The molecule has 65 heteroatoms. The minimum atomic E-state index is -6.83. The summed E-state index contributed by atoms with van der Waals surface area (Å²) in [6, 6.07) is 30.8. The number of nitrogens with one attached hydrogen (secondary N) is 4. The summed E-state index contributed by atoms with van der Waals surface area (Å²) in [6.45, 7) is -9.06. The van der Waals surface area contributed by atoms with Crippen molar-refractivity contribution in [2.45, 2.75) is 186 Å². The number of hydrogen-bond donors (Lipinski definition) is 16. The fourth-order valence-electron chi connectivity index (χ4n) is 14.1. The first-order chi connectivity index (χ1) is 61.0. The summed E-state index contributed by atoms with van der Waals surface area (Å²) in [5, 5.41) is 34.9. The Morgan fingerprint density at radius 3 is 1.02 bits per heavy atom. The van der Waals surface area contributed by atoms with E-state index in [0.29, 0.717) is 11.1 Å². The summed E-state index contributed by atoms with van der Waals surface area (Å²) in [7, 11) is -54.6. The molecule has 0 radical (unpaired) electrons. The fraction of sp³-hybridized carbons (Fsp3) is 0.515. The fourth-order valence-corrected chi connectivity index (χ4v) is 18.6. The second kappa shape index (κ2) is 44.6. The molecule has 56 nitrogen and oxygen atoms in total. The highest BCUT2D eigenvalue weighted by Crippen LogP contribution is 2.44. The molecule has 5 fully saturated rings. The van der Waals surface area contributed by atoms with Gasteiger partial charge < -0.3 is 86.4 Å². The van der Waals surface area contributed by atoms with Crippen molar-refractivity contribution in [1.82, 2.24) is 18.9 Å². The molecule has 16 N–H and O–H groups in total. The average Bonchev–Trinajstić information content (AvgIpc) is 0.718. The summed E-state index contributed by atoms with van der Waals surface area (Å²) in [6.07, 6.45) is -63.5. The van der Waals surface area contributed by atoms with Gasteiger partial charge in [0.2, 0.25) is 0 Å². The van der Waals surface area contributed by atoms with E-state index in [4.69, 9.17) is 83.6 Å². The number of aliphatic carboxylic acids is 2. The second-order valence-electron chi connectivity index (χ2n) is 28.4. The van der Waals surface area contributed by atoms with Gasteiger partial charge in [-0.15, -0.1) is 0 Å². The topological polar surface area (TPSA) is 817 Å². The molecule has 5 heterocycles. The van der Waals surface area contributed by atoms with E-state index in [2.05, 4.69) is 8.37 Å². The lowest BCUT2D eigenvalue weighted by molar-refractivity contribution is -0.388. The Labute approximate surface area is 745 Å². The third-order valence-electron chi connectivity index (χ3n) is 19.2. The summed E-state index contributed by atoms with van der Waals surface area (Å²) < 4.78 is 451. The molecule has 0 aliphatic carbocycles. The molecule has 734 valence electrons. The molecule has 0 aromatic heterocycles. The van der Waals surface area contributed by atoms with Crippen molar-refractivity contribution >= 4 is 105 Å². The molecule has 0 spiro atoms. The van der Waals surface area contributed by atoms with Crippen molar-refractivity contribution in [2.24, 2.45) is 0 Å². The molecule has 0 saturated carbocycles. The zero-order valence-corrected chi connectivity index (χ0v) is 73.7. The molecule has 0 bridgehead atoms. The van der Waals surface area contributed by atoms with Crippen LogP contribution >= 0.6 is 0 Å². The van der Waals surface area contributed by atoms with Gasteiger partial charge in [0.25, 0.3) is 0 Å². The molecule has 0 amide bonds. The number of rotatable bonds is 47. The van der Waals surface area contributed by atoms with E-state index in [-0.39, 0.29) is 16.7 Å². The van der Waals surface area contributed by atoms with Crippen molar-refractivity contribution in [2.75, 3.05) is 26.9 Å². The number of carboxylic acid groups (broad SMARTS) is 2. The van der Waals surface area contributed by atoms with E-state index in [1.807, 2.05) is 4.72 Å². The molecular formula is C66H84N4O52S9. The van der Waals surface area contributed by atoms with Gasteiger partial charge in [0.1, 0.15) is 97.5 Å². The standard InChI is InChI=1S/C66H84N4O52S9/c1-103-61-43(67-123(76,77)78)45(71)46(40(112-61)32-109-127(88,89)90)115-64-57(121-130(97,98)99)51(107-30-38-23-13-5-14-24-38)53(55(119-64)60(74)75)120-65-66(69-125(82,83)84,70-126(85,86)87)58(122-131(100,101)102)48(42(114-65)34-111-129(94,95)96)116-63-56(108-31-39-25-15-6-16-26-39)50(106-29-37-21-11-4-12-22-37)52(54(118-63)59(72)73)117-62-44(68-124(79,80)81)49(105-28-36-19-9-3-10-20-36)47(41(113-62)33-110-128(91,92)93)104-27-35-17-7-2-8-18-35/h2-26,40-58,61-65,67-71H,27-34H2,1H3,(H,72,73)(H,74,75)(H,76,77,78)(H,79,80,81)(H,82,83,84)(H,85,86,87)(H,88,89,90)(H,91,92,93)(H,94,95,96)(H,97,98,99)(H,100,101,102)/t40-,41-,42-,43-,44-,45-,46-,47-,48-,49-,50+,51+,52+,53+,54+,55-,56-,57-,58+,61+,62-,63-,64-,65-/m1/s1. The Morgan fingerprint density at radius 2 is 0.656 bits per heavy atom. The summed E-state index contributed by atoms with van der Waals surface area (Å²) in [5.41, 5.74) is -4.11. The minimum absolute atomic E-state index is 0.0682. The van der Waals surface area contributed by atoms with Crippen LogP contribution in [0.25, 0.3) is 0 Å². The lowest BCUT2D eigenvalue weighted by atomic mass is 9.90. The quantitative estimate of drug-likeness (QED) is 0.0131. The van der Waals surface area contributed by atoms with Gasteiger partial charge in [0.15, 0.2) is 55.4 Å². The smallest absolute Gasteiger partial charge is 0.397 e. The van der Waals surface area contributed by atoms with Crippen LogP contribution in [0.2, 0.25) is 0 Å². The first-order valence-corrected chi connectivity index (χ1v) is 49.6. The zero-order chi connectivity index (χ0) is 96.2. The average molecular weight is 2050 g/mol. The Balaban J connectivity index is 1.18. The van der Waals surface area contributed by atoms with Gasteiger partial charge in [-0.05, 0) is 27.8 Å². The van der Waals surface area contributed by atoms with Crippen molar-refractivity contribution in [1.29, 1.82) is 0 Å². The SMILES string of the molecule is CO[C@H]1O[C@H](COS(=O)(=O)O)[C@@H](O[C@@H]2O[C@@H](C(=O)O)[C@@H](O[C@H]3O[C@H](COS(=O)(=O)O)[C@@H](O[C@@H]4O[C@H](C(=O)O)[C@@H](O[C@H]5O[C@H](COS(=O)(=O)O)[C@@H](OCc6ccccc6)[C@H](OCc6ccccc6)[C@H]5NS(=O)(=O)O)[C@H](OCc5ccccc5)[C@H]4OCc4ccccc4)[C@H](OS(=O)(=O)O)C3(NS(=O)(=O)O)NS(=O)(=O)O)[C@H](OCc3ccccc3)[C@H]2OS(=O)(=O)O)[C@H](O)[C@H]1NS(=O)(=O)O. The molecule has 24 atom stereocenters. The molecular weight excluding hydrogens is 1970 g/mol. The molecule has 5 aromatic carbocycles. The maximum absolute atomic E-state index is 14.5. The van der Waals surface area contributed by atoms with Crippen LogP contribution in [-0.2, 0) is 228 Å². The predicted molar refractivity (Wildman–Crippen MR) is 421 cm³/mol. The van der Waals surface area contributed by atoms with Crippen LogP contribution in [0, 0.1) is 0 Å². The first kappa shape index (κ1) is 106. The van der Waals surface area contributed by atoms with Crippen LogP contribution in [0.3, 0.4) is 0 Å².